The first-order valence-corrected chi connectivity index (χ1v) is 8.61. The van der Waals surface area contributed by atoms with Crippen molar-refractivity contribution < 1.29 is 18.7 Å². The van der Waals surface area contributed by atoms with Crippen molar-refractivity contribution in [2.75, 3.05) is 20.2 Å². The second kappa shape index (κ2) is 6.33. The molecule has 0 aliphatic carbocycles. The molecule has 128 valence electrons. The van der Waals surface area contributed by atoms with Crippen molar-refractivity contribution in [1.29, 1.82) is 0 Å². The summed E-state index contributed by atoms with van der Waals surface area (Å²) < 4.78 is 25.8. The van der Waals surface area contributed by atoms with Crippen molar-refractivity contribution in [3.8, 4) is 10.9 Å². The van der Waals surface area contributed by atoms with Crippen LogP contribution in [0.5, 0.6) is 10.9 Å². The number of ether oxygens (including phenoxy) is 2. The van der Waals surface area contributed by atoms with Crippen molar-refractivity contribution in [2.24, 2.45) is 0 Å². The summed E-state index contributed by atoms with van der Waals surface area (Å²) in [5.41, 5.74) is 0.856. The van der Waals surface area contributed by atoms with Gasteiger partial charge in [0.15, 0.2) is 0 Å². The van der Waals surface area contributed by atoms with Gasteiger partial charge in [-0.05, 0) is 24.3 Å². The Hall–Kier alpha value is -2.67. The van der Waals surface area contributed by atoms with Crippen molar-refractivity contribution >= 4 is 27.5 Å². The van der Waals surface area contributed by atoms with E-state index >= 15 is 0 Å². The van der Waals surface area contributed by atoms with Gasteiger partial charge in [-0.15, -0.1) is 0 Å². The molecule has 3 aromatic rings. The molecule has 2 heterocycles. The third-order valence-electron chi connectivity index (χ3n) is 4.09. The highest BCUT2D eigenvalue weighted by atomic mass is 32.1. The van der Waals surface area contributed by atoms with Crippen LogP contribution in [0.1, 0.15) is 10.4 Å². The number of halogens is 1. The monoisotopic (exact) mass is 358 g/mol. The van der Waals surface area contributed by atoms with Crippen LogP contribution in [0, 0.1) is 5.82 Å². The van der Waals surface area contributed by atoms with Gasteiger partial charge in [-0.2, -0.15) is 4.98 Å². The van der Waals surface area contributed by atoms with Crippen LogP contribution in [0.3, 0.4) is 0 Å². The highest BCUT2D eigenvalue weighted by Crippen LogP contribution is 2.34. The number of fused-ring (bicyclic) bond motifs is 1. The van der Waals surface area contributed by atoms with E-state index in [9.17, 15) is 9.18 Å². The Balaban J connectivity index is 1.42. The summed E-state index contributed by atoms with van der Waals surface area (Å²) in [4.78, 5) is 18.3. The summed E-state index contributed by atoms with van der Waals surface area (Å²) >= 11 is 1.44. The van der Waals surface area contributed by atoms with Crippen LogP contribution in [0.25, 0.3) is 10.2 Å². The number of carbonyl (C=O) groups is 1. The quantitative estimate of drug-likeness (QED) is 0.718. The van der Waals surface area contributed by atoms with E-state index in [-0.39, 0.29) is 17.6 Å². The zero-order valence-electron chi connectivity index (χ0n) is 13.4. The smallest absolute Gasteiger partial charge is 0.274 e. The maximum atomic E-state index is 13.7. The van der Waals surface area contributed by atoms with Gasteiger partial charge < -0.3 is 14.4 Å². The van der Waals surface area contributed by atoms with Gasteiger partial charge in [0.05, 0.1) is 30.5 Å². The van der Waals surface area contributed by atoms with Crippen LogP contribution in [0.2, 0.25) is 0 Å². The number of hydrogen-bond acceptors (Lipinski definition) is 5. The van der Waals surface area contributed by atoms with Gasteiger partial charge in [0.1, 0.15) is 23.2 Å². The van der Waals surface area contributed by atoms with E-state index in [1.54, 1.807) is 24.1 Å². The Labute approximate surface area is 147 Å². The van der Waals surface area contributed by atoms with Crippen molar-refractivity contribution in [3.63, 3.8) is 0 Å². The lowest BCUT2D eigenvalue weighted by molar-refractivity contribution is 0.0174. The predicted octanol–water partition coefficient (Wildman–Crippen LogP) is 3.35. The Morgan fingerprint density at radius 2 is 2.04 bits per heavy atom. The Morgan fingerprint density at radius 1 is 1.24 bits per heavy atom. The lowest BCUT2D eigenvalue weighted by Crippen LogP contribution is -2.56. The molecule has 25 heavy (non-hydrogen) atoms. The van der Waals surface area contributed by atoms with E-state index in [0.29, 0.717) is 24.0 Å². The summed E-state index contributed by atoms with van der Waals surface area (Å²) in [5.74, 6) is -0.118. The third kappa shape index (κ3) is 2.91. The van der Waals surface area contributed by atoms with Crippen LogP contribution >= 0.6 is 11.3 Å². The third-order valence-corrected chi connectivity index (χ3v) is 5.00. The minimum Gasteiger partial charge on any atom is -0.494 e. The van der Waals surface area contributed by atoms with Crippen LogP contribution < -0.4 is 9.47 Å². The number of rotatable bonds is 4. The molecular formula is C18H15FN2O3S. The Kier molecular flexibility index (Phi) is 4.01. The number of likely N-dealkylation sites (tertiary alicyclic amines) is 1. The summed E-state index contributed by atoms with van der Waals surface area (Å²) in [7, 11) is 1.60. The average Bonchev–Trinajstić information content (AvgIpc) is 3.00. The van der Waals surface area contributed by atoms with E-state index in [4.69, 9.17) is 9.47 Å². The molecule has 5 nitrogen and oxygen atoms in total. The molecule has 0 N–H and O–H groups in total. The summed E-state index contributed by atoms with van der Waals surface area (Å²) in [6, 6.07) is 11.7. The maximum Gasteiger partial charge on any atom is 0.274 e. The van der Waals surface area contributed by atoms with Gasteiger partial charge in [-0.1, -0.05) is 29.5 Å². The molecule has 1 aromatic heterocycles. The molecule has 1 aliphatic heterocycles. The molecule has 0 spiro atoms. The minimum absolute atomic E-state index is 0.0886. The lowest BCUT2D eigenvalue weighted by atomic mass is 10.1. The van der Waals surface area contributed by atoms with Gasteiger partial charge in [0, 0.05) is 0 Å². The molecule has 4 rings (SSSR count). The summed E-state index contributed by atoms with van der Waals surface area (Å²) in [6.45, 7) is 0.834. The van der Waals surface area contributed by atoms with Crippen LogP contribution in [0.15, 0.2) is 42.5 Å². The molecule has 1 aliphatic rings. The number of thiazole rings is 1. The molecule has 7 heteroatoms. The second-order valence-corrected chi connectivity index (χ2v) is 6.71. The average molecular weight is 358 g/mol. The maximum absolute atomic E-state index is 13.7. The fourth-order valence-corrected chi connectivity index (χ4v) is 3.64. The van der Waals surface area contributed by atoms with Crippen LogP contribution in [-0.2, 0) is 0 Å². The highest BCUT2D eigenvalue weighted by Gasteiger charge is 2.34. The largest absolute Gasteiger partial charge is 0.494 e. The van der Waals surface area contributed by atoms with E-state index in [1.807, 2.05) is 18.2 Å². The number of para-hydroxylation sites is 1. The number of methoxy groups -OCH3 is 1. The topological polar surface area (TPSA) is 51.7 Å². The van der Waals surface area contributed by atoms with E-state index in [0.717, 1.165) is 10.2 Å². The Morgan fingerprint density at radius 3 is 2.80 bits per heavy atom. The first-order valence-electron chi connectivity index (χ1n) is 7.79. The number of hydrogen-bond donors (Lipinski definition) is 0. The second-order valence-electron chi connectivity index (χ2n) is 5.72. The van der Waals surface area contributed by atoms with E-state index in [2.05, 4.69) is 4.98 Å². The minimum atomic E-state index is -0.505. The first-order chi connectivity index (χ1) is 12.2. The van der Waals surface area contributed by atoms with Gasteiger partial charge in [-0.25, -0.2) is 4.39 Å². The van der Waals surface area contributed by atoms with Gasteiger partial charge >= 0.3 is 0 Å². The van der Waals surface area contributed by atoms with Gasteiger partial charge in [-0.3, -0.25) is 4.79 Å². The fraction of sp³-hybridized carbons (Fsp3) is 0.222. The van der Waals surface area contributed by atoms with Gasteiger partial charge in [0.25, 0.3) is 11.1 Å². The number of benzene rings is 2. The molecule has 0 radical (unpaired) electrons. The molecule has 0 saturated carbocycles. The number of nitrogens with zero attached hydrogens (tertiary/aromatic N) is 2. The van der Waals surface area contributed by atoms with Crippen LogP contribution in [0.4, 0.5) is 4.39 Å². The molecule has 2 aromatic carbocycles. The highest BCUT2D eigenvalue weighted by molar-refractivity contribution is 7.20. The molecule has 0 bridgehead atoms. The standard InChI is InChI=1S/C18H15FN2O3S/c1-23-14-7-4-8-15-16(14)20-18(25-15)24-11-9-21(10-11)17(22)12-5-2-3-6-13(12)19/h2-8,11H,9-10H2,1H3. The molecule has 0 atom stereocenters. The van der Waals surface area contributed by atoms with Crippen molar-refractivity contribution in [3.05, 3.63) is 53.8 Å². The molecule has 1 amide bonds. The number of carbonyl (C=O) groups excluding carboxylic acids is 1. The Bertz CT molecular complexity index is 937. The molecule has 1 saturated heterocycles. The first kappa shape index (κ1) is 15.8. The summed E-state index contributed by atoms with van der Waals surface area (Å²) in [5, 5.41) is 0.544. The van der Waals surface area contributed by atoms with Crippen molar-refractivity contribution in [2.45, 2.75) is 6.10 Å². The zero-order valence-corrected chi connectivity index (χ0v) is 14.3. The molecular weight excluding hydrogens is 343 g/mol. The SMILES string of the molecule is COc1cccc2sc(OC3CN(C(=O)c4ccccc4F)C3)nc12. The predicted molar refractivity (Wildman–Crippen MR) is 92.9 cm³/mol. The number of amides is 1. The van der Waals surface area contributed by atoms with Crippen LogP contribution in [-0.4, -0.2) is 42.1 Å². The normalized spacial score (nSPS) is 14.4. The van der Waals surface area contributed by atoms with Gasteiger partial charge in [0.2, 0.25) is 0 Å². The molecule has 1 fully saturated rings. The zero-order chi connectivity index (χ0) is 17.4. The fourth-order valence-electron chi connectivity index (χ4n) is 2.74. The lowest BCUT2D eigenvalue weighted by Gasteiger charge is -2.38. The van der Waals surface area contributed by atoms with Crippen molar-refractivity contribution in [1.82, 2.24) is 9.88 Å². The van der Waals surface area contributed by atoms with E-state index < -0.39 is 5.82 Å². The summed E-state index contributed by atoms with van der Waals surface area (Å²) in [6.07, 6.45) is -0.137. The molecule has 0 unspecified atom stereocenters. The number of aromatic nitrogens is 1. The van der Waals surface area contributed by atoms with E-state index in [1.165, 1.54) is 23.5 Å².